The first-order valence-electron chi connectivity index (χ1n) is 9.90. The zero-order valence-corrected chi connectivity index (χ0v) is 16.9. The van der Waals surface area contributed by atoms with Crippen LogP contribution in [-0.4, -0.2) is 29.7 Å². The van der Waals surface area contributed by atoms with Crippen LogP contribution in [0.4, 0.5) is 10.1 Å². The van der Waals surface area contributed by atoms with E-state index in [1.807, 2.05) is 36.4 Å². The van der Waals surface area contributed by atoms with Crippen LogP contribution in [-0.2, 0) is 20.9 Å². The summed E-state index contributed by atoms with van der Waals surface area (Å²) in [4.78, 5) is 24.0. The van der Waals surface area contributed by atoms with Crippen molar-refractivity contribution in [3.8, 4) is 5.75 Å². The van der Waals surface area contributed by atoms with Gasteiger partial charge in [0.25, 0.3) is 5.91 Å². The standard InChI is InChI=1S/C24H21FN2O4/c1-2-27-20-9-5-3-7-17(20)18-13-16(11-12-21(18)27)26-23(28)14-31-24(29)15-30-22-10-6-4-8-19(22)25/h3-13H,2,14-15H2,1H3,(H,26,28). The Morgan fingerprint density at radius 3 is 2.48 bits per heavy atom. The van der Waals surface area contributed by atoms with Crippen LogP contribution in [0.5, 0.6) is 5.75 Å². The molecule has 7 heteroatoms. The molecule has 3 aromatic carbocycles. The normalized spacial score (nSPS) is 10.9. The van der Waals surface area contributed by atoms with Crippen LogP contribution in [0.2, 0.25) is 0 Å². The molecule has 0 saturated carbocycles. The SMILES string of the molecule is CCn1c2ccccc2c2cc(NC(=O)COC(=O)COc3ccccc3F)ccc21. The average molecular weight is 420 g/mol. The van der Waals surface area contributed by atoms with E-state index in [1.165, 1.54) is 18.2 Å². The zero-order chi connectivity index (χ0) is 21.8. The Kier molecular flexibility index (Phi) is 5.84. The van der Waals surface area contributed by atoms with Gasteiger partial charge < -0.3 is 19.4 Å². The number of hydrogen-bond acceptors (Lipinski definition) is 4. The summed E-state index contributed by atoms with van der Waals surface area (Å²) in [6.07, 6.45) is 0. The minimum atomic E-state index is -0.764. The number of anilines is 1. The maximum absolute atomic E-state index is 13.5. The van der Waals surface area contributed by atoms with Crippen molar-refractivity contribution in [2.45, 2.75) is 13.5 Å². The fourth-order valence-electron chi connectivity index (χ4n) is 3.56. The van der Waals surface area contributed by atoms with Gasteiger partial charge in [0, 0.05) is 34.0 Å². The number of benzene rings is 3. The van der Waals surface area contributed by atoms with Gasteiger partial charge in [-0.05, 0) is 43.3 Å². The molecule has 1 heterocycles. The number of aromatic nitrogens is 1. The number of nitrogens with zero attached hydrogens (tertiary/aromatic N) is 1. The van der Waals surface area contributed by atoms with Crippen molar-refractivity contribution >= 4 is 39.4 Å². The van der Waals surface area contributed by atoms with Crippen molar-refractivity contribution in [1.29, 1.82) is 0 Å². The van der Waals surface area contributed by atoms with E-state index in [0.29, 0.717) is 5.69 Å². The van der Waals surface area contributed by atoms with Crippen LogP contribution in [0.3, 0.4) is 0 Å². The minimum absolute atomic E-state index is 0.0524. The second-order valence-corrected chi connectivity index (χ2v) is 6.92. The largest absolute Gasteiger partial charge is 0.479 e. The van der Waals surface area contributed by atoms with E-state index in [9.17, 15) is 14.0 Å². The number of aryl methyl sites for hydroxylation is 1. The predicted octanol–water partition coefficient (Wildman–Crippen LogP) is 4.51. The fraction of sp³-hybridized carbons (Fsp3) is 0.167. The minimum Gasteiger partial charge on any atom is -0.479 e. The van der Waals surface area contributed by atoms with Crippen LogP contribution < -0.4 is 10.1 Å². The third-order valence-electron chi connectivity index (χ3n) is 4.92. The van der Waals surface area contributed by atoms with Crippen LogP contribution >= 0.6 is 0 Å². The Hall–Kier alpha value is -3.87. The second-order valence-electron chi connectivity index (χ2n) is 6.92. The number of halogens is 1. The molecule has 0 saturated heterocycles. The number of nitrogens with one attached hydrogen (secondary N) is 1. The molecule has 0 fully saturated rings. The van der Waals surface area contributed by atoms with Crippen LogP contribution in [0.15, 0.2) is 66.7 Å². The molecule has 0 aliphatic carbocycles. The Balaban J connectivity index is 1.38. The summed E-state index contributed by atoms with van der Waals surface area (Å²) in [5, 5.41) is 4.87. The number of esters is 1. The lowest BCUT2D eigenvalue weighted by atomic mass is 10.1. The van der Waals surface area contributed by atoms with Crippen molar-refractivity contribution in [1.82, 2.24) is 4.57 Å². The van der Waals surface area contributed by atoms with E-state index in [4.69, 9.17) is 9.47 Å². The molecule has 0 radical (unpaired) electrons. The van der Waals surface area contributed by atoms with Crippen LogP contribution in [0.1, 0.15) is 6.92 Å². The monoisotopic (exact) mass is 420 g/mol. The molecular weight excluding hydrogens is 399 g/mol. The van der Waals surface area contributed by atoms with Gasteiger partial charge in [0.15, 0.2) is 24.8 Å². The predicted molar refractivity (Wildman–Crippen MR) is 117 cm³/mol. The van der Waals surface area contributed by atoms with E-state index in [1.54, 1.807) is 6.07 Å². The van der Waals surface area contributed by atoms with E-state index in [-0.39, 0.29) is 5.75 Å². The molecule has 158 valence electrons. The molecule has 0 atom stereocenters. The number of carbonyl (C=O) groups excluding carboxylic acids is 2. The molecule has 1 N–H and O–H groups in total. The molecule has 0 bridgehead atoms. The van der Waals surface area contributed by atoms with Crippen molar-refractivity contribution in [2.24, 2.45) is 0 Å². The van der Waals surface area contributed by atoms with E-state index in [2.05, 4.69) is 22.9 Å². The number of carbonyl (C=O) groups is 2. The number of amides is 1. The lowest BCUT2D eigenvalue weighted by molar-refractivity contribution is -0.149. The van der Waals surface area contributed by atoms with Gasteiger partial charge in [-0.1, -0.05) is 30.3 Å². The zero-order valence-electron chi connectivity index (χ0n) is 16.9. The highest BCUT2D eigenvalue weighted by Gasteiger charge is 2.13. The number of fused-ring (bicyclic) bond motifs is 3. The van der Waals surface area contributed by atoms with Gasteiger partial charge in [-0.2, -0.15) is 0 Å². The second kappa shape index (κ2) is 8.87. The Morgan fingerprint density at radius 1 is 0.935 bits per heavy atom. The Bertz CT molecular complexity index is 1270. The van der Waals surface area contributed by atoms with Crippen molar-refractivity contribution in [3.05, 3.63) is 72.5 Å². The highest BCUT2D eigenvalue weighted by atomic mass is 19.1. The number of rotatable bonds is 7. The number of ether oxygens (including phenoxy) is 2. The van der Waals surface area contributed by atoms with Gasteiger partial charge in [-0.25, -0.2) is 9.18 Å². The van der Waals surface area contributed by atoms with Crippen LogP contribution in [0, 0.1) is 5.82 Å². The third kappa shape index (κ3) is 4.35. The summed E-state index contributed by atoms with van der Waals surface area (Å²) in [7, 11) is 0. The molecule has 0 spiro atoms. The first-order valence-corrected chi connectivity index (χ1v) is 9.90. The van der Waals surface area contributed by atoms with Gasteiger partial charge in [-0.15, -0.1) is 0 Å². The van der Waals surface area contributed by atoms with E-state index >= 15 is 0 Å². The highest BCUT2D eigenvalue weighted by molar-refractivity contribution is 6.09. The van der Waals surface area contributed by atoms with Crippen LogP contribution in [0.25, 0.3) is 21.8 Å². The third-order valence-corrected chi connectivity index (χ3v) is 4.92. The van der Waals surface area contributed by atoms with E-state index < -0.39 is 30.9 Å². The number of hydrogen-bond donors (Lipinski definition) is 1. The average Bonchev–Trinajstić information content (AvgIpc) is 3.10. The molecule has 1 aromatic heterocycles. The molecule has 4 rings (SSSR count). The molecular formula is C24H21FN2O4. The molecule has 4 aromatic rings. The molecule has 6 nitrogen and oxygen atoms in total. The maximum atomic E-state index is 13.5. The molecule has 31 heavy (non-hydrogen) atoms. The summed E-state index contributed by atoms with van der Waals surface area (Å²) in [5.41, 5.74) is 2.82. The number of para-hydroxylation sites is 2. The Morgan fingerprint density at radius 2 is 1.68 bits per heavy atom. The van der Waals surface area contributed by atoms with Gasteiger partial charge in [0.05, 0.1) is 0 Å². The smallest absolute Gasteiger partial charge is 0.344 e. The van der Waals surface area contributed by atoms with Gasteiger partial charge in [0.2, 0.25) is 0 Å². The molecule has 0 unspecified atom stereocenters. The van der Waals surface area contributed by atoms with Gasteiger partial charge in [0.1, 0.15) is 0 Å². The van der Waals surface area contributed by atoms with Gasteiger partial charge >= 0.3 is 5.97 Å². The van der Waals surface area contributed by atoms with Crippen molar-refractivity contribution < 1.29 is 23.5 Å². The topological polar surface area (TPSA) is 69.6 Å². The summed E-state index contributed by atoms with van der Waals surface area (Å²) in [6, 6.07) is 19.5. The molecule has 0 aliphatic rings. The molecule has 0 aliphatic heterocycles. The lowest BCUT2D eigenvalue weighted by Crippen LogP contribution is -2.23. The van der Waals surface area contributed by atoms with Crippen molar-refractivity contribution in [2.75, 3.05) is 18.5 Å². The summed E-state index contributed by atoms with van der Waals surface area (Å²) >= 11 is 0. The maximum Gasteiger partial charge on any atom is 0.344 e. The van der Waals surface area contributed by atoms with Gasteiger partial charge in [-0.3, -0.25) is 4.79 Å². The van der Waals surface area contributed by atoms with E-state index in [0.717, 1.165) is 28.4 Å². The first kappa shape index (κ1) is 20.4. The summed E-state index contributed by atoms with van der Waals surface area (Å²) < 4.78 is 25.7. The Labute approximate surface area is 178 Å². The lowest BCUT2D eigenvalue weighted by Gasteiger charge is -2.09. The quantitative estimate of drug-likeness (QED) is 0.447. The molecule has 1 amide bonds. The first-order chi connectivity index (χ1) is 15.1. The summed E-state index contributed by atoms with van der Waals surface area (Å²) in [5.74, 6) is -1.87. The highest BCUT2D eigenvalue weighted by Crippen LogP contribution is 2.30. The fourth-order valence-corrected chi connectivity index (χ4v) is 3.56. The van der Waals surface area contributed by atoms with Crippen molar-refractivity contribution in [3.63, 3.8) is 0 Å². The summed E-state index contributed by atoms with van der Waals surface area (Å²) in [6.45, 7) is 1.97.